The van der Waals surface area contributed by atoms with Gasteiger partial charge in [0.05, 0.1) is 17.7 Å². The van der Waals surface area contributed by atoms with E-state index in [9.17, 15) is 13.2 Å². The Morgan fingerprint density at radius 1 is 1.36 bits per heavy atom. The van der Waals surface area contributed by atoms with Crippen LogP contribution in [-0.4, -0.2) is 24.7 Å². The van der Waals surface area contributed by atoms with Crippen LogP contribution in [-0.2, 0) is 17.5 Å². The van der Waals surface area contributed by atoms with Crippen LogP contribution in [0.2, 0.25) is 0 Å². The van der Waals surface area contributed by atoms with Gasteiger partial charge in [-0.1, -0.05) is 12.1 Å². The molecule has 0 radical (unpaired) electrons. The SMILES string of the molecule is NC(=NCc1cccc(C(F)(F)F)c1)NCC1CCOC2(CCC2)C1. The van der Waals surface area contributed by atoms with E-state index >= 15 is 0 Å². The summed E-state index contributed by atoms with van der Waals surface area (Å²) in [4.78, 5) is 4.16. The highest BCUT2D eigenvalue weighted by molar-refractivity contribution is 5.77. The molecule has 1 aromatic rings. The molecule has 2 aliphatic rings. The summed E-state index contributed by atoms with van der Waals surface area (Å²) in [6.07, 6.45) is 1.21. The van der Waals surface area contributed by atoms with Crippen LogP contribution in [0.3, 0.4) is 0 Å². The maximum atomic E-state index is 12.7. The molecule has 1 heterocycles. The molecule has 3 N–H and O–H groups in total. The van der Waals surface area contributed by atoms with E-state index in [1.807, 2.05) is 0 Å². The summed E-state index contributed by atoms with van der Waals surface area (Å²) < 4.78 is 44.0. The van der Waals surface area contributed by atoms with E-state index in [0.717, 1.165) is 51.0 Å². The second-order valence-electron chi connectivity index (χ2n) is 7.02. The molecule has 0 amide bonds. The smallest absolute Gasteiger partial charge is 0.375 e. The van der Waals surface area contributed by atoms with Gasteiger partial charge in [-0.05, 0) is 55.7 Å². The Labute approximate surface area is 145 Å². The van der Waals surface area contributed by atoms with Gasteiger partial charge in [-0.3, -0.25) is 0 Å². The number of halogens is 3. The first-order chi connectivity index (χ1) is 11.9. The number of hydrogen-bond donors (Lipinski definition) is 2. The largest absolute Gasteiger partial charge is 0.416 e. The Balaban J connectivity index is 1.49. The molecule has 138 valence electrons. The van der Waals surface area contributed by atoms with Gasteiger partial charge in [0.2, 0.25) is 0 Å². The minimum atomic E-state index is -4.34. The lowest BCUT2D eigenvalue weighted by Crippen LogP contribution is -2.48. The minimum Gasteiger partial charge on any atom is -0.375 e. The molecule has 2 fully saturated rings. The monoisotopic (exact) mass is 355 g/mol. The van der Waals surface area contributed by atoms with Crippen LogP contribution in [0, 0.1) is 5.92 Å². The van der Waals surface area contributed by atoms with Crippen molar-refractivity contribution in [3.8, 4) is 0 Å². The Bertz CT molecular complexity index is 626. The van der Waals surface area contributed by atoms with Gasteiger partial charge >= 0.3 is 6.18 Å². The molecule has 0 bridgehead atoms. The highest BCUT2D eigenvalue weighted by atomic mass is 19.4. The normalized spacial score (nSPS) is 23.3. The highest BCUT2D eigenvalue weighted by Gasteiger charge is 2.42. The molecule has 0 aromatic heterocycles. The molecule has 7 heteroatoms. The van der Waals surface area contributed by atoms with Crippen molar-refractivity contribution in [1.82, 2.24) is 5.32 Å². The Morgan fingerprint density at radius 3 is 2.84 bits per heavy atom. The van der Waals surface area contributed by atoms with Crippen molar-refractivity contribution in [1.29, 1.82) is 0 Å². The van der Waals surface area contributed by atoms with Gasteiger partial charge < -0.3 is 15.8 Å². The molecule has 1 aliphatic carbocycles. The van der Waals surface area contributed by atoms with Crippen molar-refractivity contribution >= 4 is 5.96 Å². The molecule has 1 aliphatic heterocycles. The number of alkyl halides is 3. The van der Waals surface area contributed by atoms with E-state index in [-0.39, 0.29) is 18.1 Å². The van der Waals surface area contributed by atoms with Gasteiger partial charge in [-0.2, -0.15) is 13.2 Å². The maximum absolute atomic E-state index is 12.7. The molecule has 1 saturated carbocycles. The van der Waals surface area contributed by atoms with Gasteiger partial charge in [-0.15, -0.1) is 0 Å². The van der Waals surface area contributed by atoms with E-state index in [1.165, 1.54) is 12.5 Å². The average Bonchev–Trinajstić information content (AvgIpc) is 2.56. The standard InChI is InChI=1S/C18H24F3N3O/c19-18(20,21)15-4-1-3-13(9-15)11-23-16(22)24-12-14-5-8-25-17(10-14)6-2-7-17/h1,3-4,9,14H,2,5-8,10-12H2,(H3,22,23,24). The molecule has 25 heavy (non-hydrogen) atoms. The summed E-state index contributed by atoms with van der Waals surface area (Å²) in [6.45, 7) is 1.64. The molecule has 4 nitrogen and oxygen atoms in total. The van der Waals surface area contributed by atoms with Gasteiger partial charge in [0.15, 0.2) is 5.96 Å². The van der Waals surface area contributed by atoms with Gasteiger partial charge in [0.1, 0.15) is 0 Å². The lowest BCUT2D eigenvalue weighted by atomic mass is 9.72. The fourth-order valence-electron chi connectivity index (χ4n) is 3.55. The third-order valence-corrected chi connectivity index (χ3v) is 5.12. The number of ether oxygens (including phenoxy) is 1. The molecular weight excluding hydrogens is 331 g/mol. The fraction of sp³-hybridized carbons (Fsp3) is 0.611. The molecule has 1 unspecified atom stereocenters. The number of rotatable bonds is 4. The summed E-state index contributed by atoms with van der Waals surface area (Å²) in [7, 11) is 0. The van der Waals surface area contributed by atoms with E-state index in [0.29, 0.717) is 11.5 Å². The number of aliphatic imine (C=N–C) groups is 1. The number of guanidine groups is 1. The third kappa shape index (κ3) is 4.66. The van der Waals surface area contributed by atoms with Gasteiger partial charge in [-0.25, -0.2) is 4.99 Å². The van der Waals surface area contributed by atoms with Gasteiger partial charge in [0, 0.05) is 13.2 Å². The van der Waals surface area contributed by atoms with Crippen LogP contribution in [0.25, 0.3) is 0 Å². The Hall–Kier alpha value is -1.76. The van der Waals surface area contributed by atoms with Crippen LogP contribution >= 0.6 is 0 Å². The summed E-state index contributed by atoms with van der Waals surface area (Å²) in [5.41, 5.74) is 5.77. The number of hydrogen-bond acceptors (Lipinski definition) is 2. The van der Waals surface area contributed by atoms with E-state index in [1.54, 1.807) is 6.07 Å². The first kappa shape index (κ1) is 18.0. The van der Waals surface area contributed by atoms with Crippen LogP contribution in [0.5, 0.6) is 0 Å². The zero-order valence-corrected chi connectivity index (χ0v) is 14.1. The first-order valence-electron chi connectivity index (χ1n) is 8.70. The van der Waals surface area contributed by atoms with Crippen LogP contribution < -0.4 is 11.1 Å². The second kappa shape index (κ2) is 7.23. The van der Waals surface area contributed by atoms with E-state index in [2.05, 4.69) is 10.3 Å². The summed E-state index contributed by atoms with van der Waals surface area (Å²) >= 11 is 0. The Kier molecular flexibility index (Phi) is 5.22. The zero-order chi connectivity index (χ0) is 17.9. The maximum Gasteiger partial charge on any atom is 0.416 e. The van der Waals surface area contributed by atoms with Crippen molar-refractivity contribution < 1.29 is 17.9 Å². The summed E-state index contributed by atoms with van der Waals surface area (Å²) in [5.74, 6) is 0.767. The second-order valence-corrected chi connectivity index (χ2v) is 7.02. The predicted octanol–water partition coefficient (Wildman–Crippen LogP) is 3.46. The van der Waals surface area contributed by atoms with Crippen LogP contribution in [0.1, 0.15) is 43.2 Å². The van der Waals surface area contributed by atoms with E-state index < -0.39 is 11.7 Å². The van der Waals surface area contributed by atoms with Gasteiger partial charge in [0.25, 0.3) is 0 Å². The molecule has 1 saturated heterocycles. The highest BCUT2D eigenvalue weighted by Crippen LogP contribution is 2.44. The summed E-state index contributed by atoms with van der Waals surface area (Å²) in [5, 5.41) is 3.10. The average molecular weight is 355 g/mol. The minimum absolute atomic E-state index is 0.0918. The molecule has 1 spiro atoms. The fourth-order valence-corrected chi connectivity index (χ4v) is 3.55. The van der Waals surface area contributed by atoms with Crippen molar-refractivity contribution in [2.75, 3.05) is 13.2 Å². The molecule has 3 rings (SSSR count). The van der Waals surface area contributed by atoms with Crippen molar-refractivity contribution in [3.63, 3.8) is 0 Å². The topological polar surface area (TPSA) is 59.6 Å². The Morgan fingerprint density at radius 2 is 2.16 bits per heavy atom. The zero-order valence-electron chi connectivity index (χ0n) is 14.1. The quantitative estimate of drug-likeness (QED) is 0.642. The van der Waals surface area contributed by atoms with Crippen molar-refractivity contribution in [2.24, 2.45) is 16.6 Å². The lowest BCUT2D eigenvalue weighted by molar-refractivity contribution is -0.142. The molecule has 1 atom stereocenters. The first-order valence-corrected chi connectivity index (χ1v) is 8.70. The predicted molar refractivity (Wildman–Crippen MR) is 90.0 cm³/mol. The summed E-state index contributed by atoms with van der Waals surface area (Å²) in [6, 6.07) is 5.16. The van der Waals surface area contributed by atoms with Crippen LogP contribution in [0.4, 0.5) is 13.2 Å². The van der Waals surface area contributed by atoms with E-state index in [4.69, 9.17) is 10.5 Å². The molecular formula is C18H24F3N3O. The lowest BCUT2D eigenvalue weighted by Gasteiger charge is -2.47. The van der Waals surface area contributed by atoms with Crippen molar-refractivity contribution in [3.05, 3.63) is 35.4 Å². The number of benzene rings is 1. The number of nitrogens with zero attached hydrogens (tertiary/aromatic N) is 1. The van der Waals surface area contributed by atoms with Crippen molar-refractivity contribution in [2.45, 2.75) is 50.4 Å². The van der Waals surface area contributed by atoms with Crippen LogP contribution in [0.15, 0.2) is 29.3 Å². The number of nitrogens with one attached hydrogen (secondary N) is 1. The molecule has 1 aromatic carbocycles. The third-order valence-electron chi connectivity index (χ3n) is 5.12. The number of nitrogens with two attached hydrogens (primary N) is 1.